The van der Waals surface area contributed by atoms with Crippen LogP contribution in [0.2, 0.25) is 0 Å². The Bertz CT molecular complexity index is 929. The van der Waals surface area contributed by atoms with E-state index < -0.39 is 7.75 Å². The molecule has 0 bridgehead atoms. The van der Waals surface area contributed by atoms with E-state index in [0.29, 0.717) is 30.4 Å². The zero-order valence-electron chi connectivity index (χ0n) is 19.5. The number of hydrogen-bond donors (Lipinski definition) is 0. The van der Waals surface area contributed by atoms with Gasteiger partial charge < -0.3 is 13.7 Å². The van der Waals surface area contributed by atoms with E-state index in [4.69, 9.17) is 29.8 Å². The third-order valence-electron chi connectivity index (χ3n) is 4.88. The van der Waals surface area contributed by atoms with Gasteiger partial charge in [0.25, 0.3) is 0 Å². The molecule has 0 aliphatic heterocycles. The summed E-state index contributed by atoms with van der Waals surface area (Å²) in [5.41, 5.74) is 0.933. The third kappa shape index (κ3) is 9.01. The lowest BCUT2D eigenvalue weighted by Gasteiger charge is -2.27. The molecule has 0 saturated heterocycles. The maximum Gasteiger partial charge on any atom is 0.461 e. The van der Waals surface area contributed by atoms with Crippen LogP contribution in [0, 0.1) is 12.8 Å². The summed E-state index contributed by atoms with van der Waals surface area (Å²) in [6, 6.07) is 10.7. The highest BCUT2D eigenvalue weighted by Crippen LogP contribution is 2.51. The maximum absolute atomic E-state index is 13.6. The van der Waals surface area contributed by atoms with Crippen molar-refractivity contribution in [3.8, 4) is 5.75 Å². The number of unbranched alkanes of at least 4 members (excludes halogenated alkanes) is 1. The summed E-state index contributed by atoms with van der Waals surface area (Å²) < 4.78 is 37.5. The number of carbonyl (C=O) groups is 1. The van der Waals surface area contributed by atoms with Crippen molar-refractivity contribution in [2.75, 3.05) is 26.1 Å². The van der Waals surface area contributed by atoms with Crippen molar-refractivity contribution in [3.63, 3.8) is 0 Å². The molecule has 1 aromatic carbocycles. The largest absolute Gasteiger partial charge is 0.464 e. The highest BCUT2D eigenvalue weighted by molar-refractivity contribution is 7.51. The van der Waals surface area contributed by atoms with Gasteiger partial charge in [-0.05, 0) is 63.1 Å². The molecule has 33 heavy (non-hydrogen) atoms. The zero-order chi connectivity index (χ0) is 24.3. The first kappa shape index (κ1) is 27.2. The second-order valence-electron chi connectivity index (χ2n) is 7.79. The molecule has 0 radical (unpaired) electrons. The summed E-state index contributed by atoms with van der Waals surface area (Å²) >= 11 is 5.77. The van der Waals surface area contributed by atoms with Crippen molar-refractivity contribution < 1.29 is 27.6 Å². The van der Waals surface area contributed by atoms with Crippen molar-refractivity contribution >= 4 is 25.3 Å². The quantitative estimate of drug-likeness (QED) is 0.0959. The Balaban J connectivity index is 2.06. The van der Waals surface area contributed by atoms with Gasteiger partial charge in [0, 0.05) is 12.4 Å². The molecule has 2 unspecified atom stereocenters. The molecule has 0 amide bonds. The van der Waals surface area contributed by atoms with Gasteiger partial charge in [0.15, 0.2) is 0 Å². The highest BCUT2D eigenvalue weighted by atomic mass is 35.5. The molecule has 0 fully saturated rings. The van der Waals surface area contributed by atoms with Gasteiger partial charge in [-0.1, -0.05) is 31.7 Å². The minimum Gasteiger partial charge on any atom is -0.464 e. The number of halogens is 1. The number of aryl methyl sites for hydroxylation is 1. The molecule has 2 aromatic rings. The van der Waals surface area contributed by atoms with E-state index in [1.54, 1.807) is 29.9 Å². The molecule has 1 aromatic heterocycles. The molecule has 2 rings (SSSR count). The average molecular weight is 498 g/mol. The lowest BCUT2D eigenvalue weighted by atomic mass is 10.0. The maximum atomic E-state index is 13.6. The zero-order valence-corrected chi connectivity index (χ0v) is 21.1. The van der Waals surface area contributed by atoms with Gasteiger partial charge in [-0.15, -0.1) is 11.6 Å². The van der Waals surface area contributed by atoms with Crippen LogP contribution in [0.4, 0.5) is 0 Å². The number of furan rings is 1. The van der Waals surface area contributed by atoms with Gasteiger partial charge in [0.05, 0.1) is 5.92 Å². The second-order valence-corrected chi connectivity index (χ2v) is 10.2. The molecule has 182 valence electrons. The van der Waals surface area contributed by atoms with Gasteiger partial charge in [-0.3, -0.25) is 9.32 Å². The first-order valence-corrected chi connectivity index (χ1v) is 12.9. The number of ether oxygens (including phenoxy) is 1. The Labute approximate surface area is 201 Å². The summed E-state index contributed by atoms with van der Waals surface area (Å²) in [6.45, 7) is 7.90. The fraction of sp³-hybridized carbons (Fsp3) is 0.458. The Morgan fingerprint density at radius 2 is 1.97 bits per heavy atom. The minimum absolute atomic E-state index is 0.0212. The summed E-state index contributed by atoms with van der Waals surface area (Å²) in [6.07, 6.45) is 3.61. The highest BCUT2D eigenvalue weighted by Gasteiger charge is 2.33. The fourth-order valence-corrected chi connectivity index (χ4v) is 4.64. The SMILES string of the molecule is C=CCOC(=O)C(C)Cc1ccc(OP(=O)(OCc2ccc(C)o2)N(C)CCCCCl)cc1. The number of alkyl halides is 1. The smallest absolute Gasteiger partial charge is 0.461 e. The molecule has 0 aliphatic carbocycles. The summed E-state index contributed by atoms with van der Waals surface area (Å²) in [7, 11) is -1.95. The number of esters is 1. The van der Waals surface area contributed by atoms with E-state index in [-0.39, 0.29) is 25.1 Å². The number of nitrogens with zero attached hydrogens (tertiary/aromatic N) is 1. The minimum atomic E-state index is -3.65. The molecule has 7 nitrogen and oxygen atoms in total. The number of carbonyl (C=O) groups excluding carboxylic acids is 1. The van der Waals surface area contributed by atoms with Crippen molar-refractivity contribution in [1.82, 2.24) is 4.67 Å². The Hall–Kier alpha value is -2.05. The van der Waals surface area contributed by atoms with Crippen LogP contribution >= 0.6 is 19.3 Å². The van der Waals surface area contributed by atoms with E-state index >= 15 is 0 Å². The summed E-state index contributed by atoms with van der Waals surface area (Å²) in [4.78, 5) is 12.0. The van der Waals surface area contributed by atoms with Gasteiger partial charge in [-0.25, -0.2) is 9.24 Å². The first-order valence-electron chi connectivity index (χ1n) is 10.9. The van der Waals surface area contributed by atoms with Crippen molar-refractivity contribution in [3.05, 3.63) is 66.1 Å². The molecule has 2 atom stereocenters. The van der Waals surface area contributed by atoms with E-state index in [1.807, 2.05) is 32.0 Å². The van der Waals surface area contributed by atoms with E-state index in [9.17, 15) is 9.36 Å². The molecular weight excluding hydrogens is 465 g/mol. The van der Waals surface area contributed by atoms with Gasteiger partial charge in [-0.2, -0.15) is 0 Å². The van der Waals surface area contributed by atoms with Crippen molar-refractivity contribution in [2.45, 2.75) is 39.7 Å². The summed E-state index contributed by atoms with van der Waals surface area (Å²) in [5, 5.41) is 0. The van der Waals surface area contributed by atoms with E-state index in [2.05, 4.69) is 6.58 Å². The monoisotopic (exact) mass is 497 g/mol. The van der Waals surface area contributed by atoms with E-state index in [0.717, 1.165) is 24.2 Å². The Morgan fingerprint density at radius 3 is 2.58 bits per heavy atom. The Morgan fingerprint density at radius 1 is 1.24 bits per heavy atom. The lowest BCUT2D eigenvalue weighted by molar-refractivity contribution is -0.146. The third-order valence-corrected chi connectivity index (χ3v) is 7.08. The van der Waals surface area contributed by atoms with Crippen LogP contribution < -0.4 is 4.52 Å². The fourth-order valence-electron chi connectivity index (χ4n) is 3.00. The van der Waals surface area contributed by atoms with Crippen LogP contribution in [0.1, 0.15) is 36.8 Å². The summed E-state index contributed by atoms with van der Waals surface area (Å²) in [5.74, 6) is 1.68. The second kappa shape index (κ2) is 13.6. The molecule has 0 saturated carbocycles. The van der Waals surface area contributed by atoms with Crippen molar-refractivity contribution in [1.29, 1.82) is 0 Å². The number of hydrogen-bond acceptors (Lipinski definition) is 6. The standard InChI is InChI=1S/C24H33ClNO6P/c1-5-16-29-24(27)19(2)17-21-9-12-22(13-10-21)32-33(28,26(4)15-7-6-14-25)30-18-23-11-8-20(3)31-23/h5,8-13,19H,1,6-7,14-18H2,2-4H3. The molecule has 9 heteroatoms. The molecule has 0 aliphatic rings. The Kier molecular flexibility index (Phi) is 11.2. The van der Waals surface area contributed by atoms with Crippen LogP contribution in [-0.2, 0) is 31.6 Å². The topological polar surface area (TPSA) is 78.2 Å². The number of benzene rings is 1. The molecule has 1 heterocycles. The van der Waals surface area contributed by atoms with Gasteiger partial charge >= 0.3 is 13.7 Å². The van der Waals surface area contributed by atoms with Crippen LogP contribution in [0.25, 0.3) is 0 Å². The van der Waals surface area contributed by atoms with Gasteiger partial charge in [0.2, 0.25) is 0 Å². The van der Waals surface area contributed by atoms with E-state index in [1.165, 1.54) is 6.08 Å². The predicted octanol–water partition coefficient (Wildman–Crippen LogP) is 6.15. The first-order chi connectivity index (χ1) is 15.8. The molecule has 0 N–H and O–H groups in total. The van der Waals surface area contributed by atoms with Crippen molar-refractivity contribution in [2.24, 2.45) is 5.92 Å². The van der Waals surface area contributed by atoms with Crippen LogP contribution in [-0.4, -0.2) is 36.7 Å². The molecule has 0 spiro atoms. The van der Waals surface area contributed by atoms with Crippen LogP contribution in [0.15, 0.2) is 53.5 Å². The predicted molar refractivity (Wildman–Crippen MR) is 130 cm³/mol. The van der Waals surface area contributed by atoms with Crippen LogP contribution in [0.5, 0.6) is 5.75 Å². The molecular formula is C24H33ClNO6P. The van der Waals surface area contributed by atoms with Gasteiger partial charge in [0.1, 0.15) is 30.5 Å². The normalized spacial score (nSPS) is 14.0. The average Bonchev–Trinajstić information content (AvgIpc) is 3.22. The van der Waals surface area contributed by atoms with Crippen LogP contribution in [0.3, 0.4) is 0 Å². The number of rotatable bonds is 15. The lowest BCUT2D eigenvalue weighted by Crippen LogP contribution is -2.21.